The second-order valence-corrected chi connectivity index (χ2v) is 5.71. The fourth-order valence-corrected chi connectivity index (χ4v) is 3.00. The molecule has 1 atom stereocenters. The average Bonchev–Trinajstić information content (AvgIpc) is 2.99. The second-order valence-electron chi connectivity index (χ2n) is 5.71. The van der Waals surface area contributed by atoms with E-state index >= 15 is 0 Å². The van der Waals surface area contributed by atoms with Gasteiger partial charge in [0.2, 0.25) is 5.91 Å². The lowest BCUT2D eigenvalue weighted by Crippen LogP contribution is -2.45. The number of pyridine rings is 1. The molecule has 0 aliphatic carbocycles. The van der Waals surface area contributed by atoms with Crippen LogP contribution in [-0.4, -0.2) is 39.9 Å². The van der Waals surface area contributed by atoms with E-state index in [1.807, 2.05) is 31.5 Å². The van der Waals surface area contributed by atoms with Crippen LogP contribution in [-0.2, 0) is 4.79 Å². The SMILES string of the molecule is Cc1cnc2[nH]ccc2c1NC1CCCN(C(=O)CC#N)C1. The molecule has 0 bridgehead atoms. The van der Waals surface area contributed by atoms with E-state index in [-0.39, 0.29) is 18.4 Å². The summed E-state index contributed by atoms with van der Waals surface area (Å²) in [6.07, 6.45) is 5.66. The molecule has 1 aliphatic rings. The third-order valence-electron chi connectivity index (χ3n) is 4.13. The Bertz CT molecular complexity index is 730. The van der Waals surface area contributed by atoms with Gasteiger partial charge in [-0.2, -0.15) is 5.26 Å². The van der Waals surface area contributed by atoms with Gasteiger partial charge < -0.3 is 15.2 Å². The zero-order valence-electron chi connectivity index (χ0n) is 12.6. The van der Waals surface area contributed by atoms with E-state index in [0.717, 1.165) is 41.7 Å². The maximum absolute atomic E-state index is 11.9. The number of carbonyl (C=O) groups is 1. The normalized spacial score (nSPS) is 18.2. The first-order valence-electron chi connectivity index (χ1n) is 7.53. The summed E-state index contributed by atoms with van der Waals surface area (Å²) in [6, 6.07) is 4.15. The summed E-state index contributed by atoms with van der Waals surface area (Å²) >= 11 is 0. The van der Waals surface area contributed by atoms with Gasteiger partial charge in [0.1, 0.15) is 12.1 Å². The molecule has 114 valence electrons. The van der Waals surface area contributed by atoms with Crippen molar-refractivity contribution in [3.63, 3.8) is 0 Å². The van der Waals surface area contributed by atoms with Gasteiger partial charge >= 0.3 is 0 Å². The van der Waals surface area contributed by atoms with Gasteiger partial charge in [-0.05, 0) is 31.4 Å². The highest BCUT2D eigenvalue weighted by atomic mass is 16.2. The van der Waals surface area contributed by atoms with Crippen molar-refractivity contribution in [1.29, 1.82) is 5.26 Å². The summed E-state index contributed by atoms with van der Waals surface area (Å²) in [6.45, 7) is 3.42. The molecule has 0 saturated carbocycles. The summed E-state index contributed by atoms with van der Waals surface area (Å²) in [7, 11) is 0. The number of rotatable bonds is 3. The number of carbonyl (C=O) groups excluding carboxylic acids is 1. The minimum Gasteiger partial charge on any atom is -0.380 e. The van der Waals surface area contributed by atoms with E-state index < -0.39 is 0 Å². The van der Waals surface area contributed by atoms with Gasteiger partial charge in [0, 0.05) is 42.6 Å². The number of likely N-dealkylation sites (tertiary alicyclic amines) is 1. The molecule has 3 heterocycles. The Morgan fingerprint density at radius 3 is 3.32 bits per heavy atom. The van der Waals surface area contributed by atoms with Crippen LogP contribution in [0.3, 0.4) is 0 Å². The Kier molecular flexibility index (Phi) is 3.96. The largest absolute Gasteiger partial charge is 0.380 e. The number of amides is 1. The minimum absolute atomic E-state index is 0.0386. The molecule has 0 spiro atoms. The lowest BCUT2D eigenvalue weighted by atomic mass is 10.0. The summed E-state index contributed by atoms with van der Waals surface area (Å²) in [5, 5.41) is 13.3. The Hall–Kier alpha value is -2.55. The topological polar surface area (TPSA) is 84.8 Å². The van der Waals surface area contributed by atoms with Crippen molar-refractivity contribution in [2.75, 3.05) is 18.4 Å². The minimum atomic E-state index is -0.0766. The molecule has 2 aromatic heterocycles. The highest BCUT2D eigenvalue weighted by molar-refractivity contribution is 5.91. The molecule has 1 saturated heterocycles. The predicted molar refractivity (Wildman–Crippen MR) is 84.3 cm³/mol. The molecule has 3 rings (SSSR count). The Balaban J connectivity index is 1.77. The van der Waals surface area contributed by atoms with E-state index in [1.165, 1.54) is 0 Å². The number of hydrogen-bond donors (Lipinski definition) is 2. The number of piperidine rings is 1. The van der Waals surface area contributed by atoms with Crippen molar-refractivity contribution in [2.24, 2.45) is 0 Å². The second kappa shape index (κ2) is 6.06. The molecule has 2 aromatic rings. The summed E-state index contributed by atoms with van der Waals surface area (Å²) < 4.78 is 0. The van der Waals surface area contributed by atoms with Crippen molar-refractivity contribution >= 4 is 22.6 Å². The number of anilines is 1. The van der Waals surface area contributed by atoms with Crippen LogP contribution in [0.1, 0.15) is 24.8 Å². The van der Waals surface area contributed by atoms with Gasteiger partial charge in [-0.1, -0.05) is 0 Å². The van der Waals surface area contributed by atoms with Crippen LogP contribution in [0.4, 0.5) is 5.69 Å². The van der Waals surface area contributed by atoms with E-state index in [2.05, 4.69) is 15.3 Å². The monoisotopic (exact) mass is 297 g/mol. The number of aryl methyl sites for hydroxylation is 1. The molecule has 2 N–H and O–H groups in total. The standard InChI is InChI=1S/C16H19N5O/c1-11-9-19-16-13(5-7-18-16)15(11)20-12-3-2-8-21(10-12)14(22)4-6-17/h5,7,9,12H,2-4,8,10H2,1H3,(H2,18,19,20). The Labute approximate surface area is 129 Å². The first-order valence-corrected chi connectivity index (χ1v) is 7.53. The van der Waals surface area contributed by atoms with Crippen LogP contribution >= 0.6 is 0 Å². The predicted octanol–water partition coefficient (Wildman–Crippen LogP) is 2.19. The smallest absolute Gasteiger partial charge is 0.236 e. The molecule has 0 aromatic carbocycles. The molecule has 22 heavy (non-hydrogen) atoms. The van der Waals surface area contributed by atoms with Gasteiger partial charge in [0.25, 0.3) is 0 Å². The van der Waals surface area contributed by atoms with Crippen LogP contribution in [0.5, 0.6) is 0 Å². The summed E-state index contributed by atoms with van der Waals surface area (Å²) in [4.78, 5) is 21.2. The van der Waals surface area contributed by atoms with Gasteiger partial charge in [-0.15, -0.1) is 0 Å². The number of aromatic nitrogens is 2. The quantitative estimate of drug-likeness (QED) is 0.909. The van der Waals surface area contributed by atoms with E-state index in [9.17, 15) is 4.79 Å². The Morgan fingerprint density at radius 2 is 2.50 bits per heavy atom. The number of nitrogens with zero attached hydrogens (tertiary/aromatic N) is 3. The van der Waals surface area contributed by atoms with E-state index in [1.54, 1.807) is 4.90 Å². The number of nitrogens with one attached hydrogen (secondary N) is 2. The van der Waals surface area contributed by atoms with Crippen LogP contribution in [0.25, 0.3) is 11.0 Å². The lowest BCUT2D eigenvalue weighted by Gasteiger charge is -2.33. The number of hydrogen-bond acceptors (Lipinski definition) is 4. The van der Waals surface area contributed by atoms with Crippen LogP contribution in [0.2, 0.25) is 0 Å². The maximum Gasteiger partial charge on any atom is 0.236 e. The van der Waals surface area contributed by atoms with Crippen molar-refractivity contribution in [3.8, 4) is 6.07 Å². The zero-order chi connectivity index (χ0) is 15.5. The van der Waals surface area contributed by atoms with Crippen molar-refractivity contribution in [3.05, 3.63) is 24.0 Å². The third-order valence-corrected chi connectivity index (χ3v) is 4.13. The summed E-state index contributed by atoms with van der Waals surface area (Å²) in [5.41, 5.74) is 3.03. The fourth-order valence-electron chi connectivity index (χ4n) is 3.00. The van der Waals surface area contributed by atoms with Crippen molar-refractivity contribution in [1.82, 2.24) is 14.9 Å². The molecule has 6 nitrogen and oxygen atoms in total. The van der Waals surface area contributed by atoms with Crippen molar-refractivity contribution < 1.29 is 4.79 Å². The van der Waals surface area contributed by atoms with Gasteiger partial charge in [-0.3, -0.25) is 4.79 Å². The Morgan fingerprint density at radius 1 is 1.64 bits per heavy atom. The number of nitriles is 1. The van der Waals surface area contributed by atoms with Gasteiger partial charge in [0.05, 0.1) is 6.07 Å². The molecular formula is C16H19N5O. The maximum atomic E-state index is 11.9. The van der Waals surface area contributed by atoms with Gasteiger partial charge in [-0.25, -0.2) is 4.98 Å². The van der Waals surface area contributed by atoms with Crippen LogP contribution in [0.15, 0.2) is 18.5 Å². The fraction of sp³-hybridized carbons (Fsp3) is 0.438. The highest BCUT2D eigenvalue weighted by Gasteiger charge is 2.24. The van der Waals surface area contributed by atoms with Crippen LogP contribution < -0.4 is 5.32 Å². The molecule has 0 radical (unpaired) electrons. The average molecular weight is 297 g/mol. The molecule has 1 unspecified atom stereocenters. The number of H-pyrrole nitrogens is 1. The molecular weight excluding hydrogens is 278 g/mol. The molecule has 6 heteroatoms. The molecule has 1 aliphatic heterocycles. The van der Waals surface area contributed by atoms with E-state index in [0.29, 0.717) is 6.54 Å². The van der Waals surface area contributed by atoms with E-state index in [4.69, 9.17) is 5.26 Å². The number of fused-ring (bicyclic) bond motifs is 1. The summed E-state index contributed by atoms with van der Waals surface area (Å²) in [5.74, 6) is -0.0766. The third kappa shape index (κ3) is 2.75. The first kappa shape index (κ1) is 14.4. The van der Waals surface area contributed by atoms with Crippen molar-refractivity contribution in [2.45, 2.75) is 32.2 Å². The molecule has 1 amide bonds. The lowest BCUT2D eigenvalue weighted by molar-refractivity contribution is -0.131. The number of aromatic amines is 1. The molecule has 1 fully saturated rings. The van der Waals surface area contributed by atoms with Crippen LogP contribution in [0, 0.1) is 18.3 Å². The van der Waals surface area contributed by atoms with Gasteiger partial charge in [0.15, 0.2) is 0 Å². The zero-order valence-corrected chi connectivity index (χ0v) is 12.6. The highest BCUT2D eigenvalue weighted by Crippen LogP contribution is 2.27. The first-order chi connectivity index (χ1) is 10.7.